The van der Waals surface area contributed by atoms with E-state index in [0.717, 1.165) is 11.1 Å². The maximum Gasteiger partial charge on any atom is 0.204 e. The Kier molecular flexibility index (Phi) is 7.89. The standard InChI is InChI=1S/C32H29NO7/c1-38-32-29(37)25(17-21-13-15-33-19-21)30-28(26(36)18-27(40-30)22-8-11-23(34)12-9-22)31(32)39-16-14-24(35)10-7-20-5-3-2-4-6-20/h2-13,15,18-19,24,33-35,37H,14,16-17H2,1H3. The first kappa shape index (κ1) is 26.6. The molecule has 0 aliphatic heterocycles. The SMILES string of the molecule is COc1c(O)c(Cc2cc[nH]c2)c2oc(-c3ccc(O)cc3)cc(=O)c2c1OCCC(O)C=Cc1ccccc1. The molecule has 0 spiro atoms. The van der Waals surface area contributed by atoms with Crippen molar-refractivity contribution in [3.8, 4) is 34.3 Å². The number of ether oxygens (including phenoxy) is 2. The van der Waals surface area contributed by atoms with Gasteiger partial charge < -0.3 is 34.2 Å². The number of hydrogen-bond donors (Lipinski definition) is 4. The van der Waals surface area contributed by atoms with Gasteiger partial charge in [-0.15, -0.1) is 0 Å². The third-order valence-electron chi connectivity index (χ3n) is 6.53. The van der Waals surface area contributed by atoms with Gasteiger partial charge in [-0.2, -0.15) is 0 Å². The Bertz CT molecular complexity index is 1670. The van der Waals surface area contributed by atoms with Gasteiger partial charge in [-0.05, 0) is 41.5 Å². The van der Waals surface area contributed by atoms with Gasteiger partial charge in [-0.25, -0.2) is 0 Å². The van der Waals surface area contributed by atoms with E-state index in [2.05, 4.69) is 4.98 Å². The van der Waals surface area contributed by atoms with Crippen LogP contribution in [0, 0.1) is 0 Å². The van der Waals surface area contributed by atoms with E-state index in [4.69, 9.17) is 13.9 Å². The lowest BCUT2D eigenvalue weighted by Gasteiger charge is -2.18. The number of aromatic amines is 1. The lowest BCUT2D eigenvalue weighted by atomic mass is 10.0. The number of aromatic hydroxyl groups is 2. The maximum absolute atomic E-state index is 13.6. The van der Waals surface area contributed by atoms with Crippen LogP contribution < -0.4 is 14.9 Å². The zero-order chi connectivity index (χ0) is 28.1. The third kappa shape index (κ3) is 5.72. The van der Waals surface area contributed by atoms with Gasteiger partial charge in [-0.3, -0.25) is 4.79 Å². The summed E-state index contributed by atoms with van der Waals surface area (Å²) < 4.78 is 17.8. The van der Waals surface area contributed by atoms with Gasteiger partial charge in [0.15, 0.2) is 16.9 Å². The van der Waals surface area contributed by atoms with Crippen molar-refractivity contribution in [2.24, 2.45) is 0 Å². The van der Waals surface area contributed by atoms with E-state index < -0.39 is 11.5 Å². The molecule has 2 aromatic heterocycles. The third-order valence-corrected chi connectivity index (χ3v) is 6.53. The highest BCUT2D eigenvalue weighted by atomic mass is 16.5. The van der Waals surface area contributed by atoms with Crippen LogP contribution in [-0.4, -0.2) is 40.1 Å². The Morgan fingerprint density at radius 3 is 2.50 bits per heavy atom. The fourth-order valence-electron chi connectivity index (χ4n) is 4.48. The van der Waals surface area contributed by atoms with Crippen LogP contribution in [0.15, 0.2) is 94.4 Å². The highest BCUT2D eigenvalue weighted by Gasteiger charge is 2.26. The number of phenolic OH excluding ortho intramolecular Hbond substituents is 2. The number of aliphatic hydroxyl groups is 1. The van der Waals surface area contributed by atoms with Crippen LogP contribution in [0.3, 0.4) is 0 Å². The summed E-state index contributed by atoms with van der Waals surface area (Å²) in [4.78, 5) is 16.5. The predicted molar refractivity (Wildman–Crippen MR) is 153 cm³/mol. The van der Waals surface area contributed by atoms with Crippen LogP contribution in [0.1, 0.15) is 23.1 Å². The van der Waals surface area contributed by atoms with E-state index in [1.807, 2.05) is 42.5 Å². The summed E-state index contributed by atoms with van der Waals surface area (Å²) in [6.45, 7) is 0.0432. The molecule has 4 N–H and O–H groups in total. The number of benzene rings is 3. The van der Waals surface area contributed by atoms with Crippen LogP contribution in [-0.2, 0) is 6.42 Å². The van der Waals surface area contributed by atoms with Crippen molar-refractivity contribution in [2.45, 2.75) is 18.9 Å². The number of nitrogens with one attached hydrogen (secondary N) is 1. The largest absolute Gasteiger partial charge is 0.508 e. The molecule has 0 aliphatic carbocycles. The molecule has 8 nitrogen and oxygen atoms in total. The lowest BCUT2D eigenvalue weighted by molar-refractivity contribution is 0.177. The molecule has 0 saturated heterocycles. The highest BCUT2D eigenvalue weighted by Crippen LogP contribution is 2.46. The fraction of sp³-hybridized carbons (Fsp3) is 0.156. The summed E-state index contributed by atoms with van der Waals surface area (Å²) in [6.07, 6.45) is 6.74. The Labute approximate surface area is 230 Å². The zero-order valence-corrected chi connectivity index (χ0v) is 21.8. The number of methoxy groups -OCH3 is 1. The molecule has 3 aromatic carbocycles. The fourth-order valence-corrected chi connectivity index (χ4v) is 4.48. The van der Waals surface area contributed by atoms with Crippen LogP contribution in [0.2, 0.25) is 0 Å². The van der Waals surface area contributed by atoms with Gasteiger partial charge in [0.2, 0.25) is 5.75 Å². The summed E-state index contributed by atoms with van der Waals surface area (Å²) in [5, 5.41) is 31.6. The Balaban J connectivity index is 1.53. The summed E-state index contributed by atoms with van der Waals surface area (Å²) in [5.41, 5.74) is 2.53. The van der Waals surface area contributed by atoms with E-state index in [1.54, 1.807) is 30.6 Å². The first-order valence-corrected chi connectivity index (χ1v) is 12.8. The lowest BCUT2D eigenvalue weighted by Crippen LogP contribution is -2.12. The molecule has 0 bridgehead atoms. The van der Waals surface area contributed by atoms with E-state index in [-0.39, 0.29) is 59.2 Å². The van der Waals surface area contributed by atoms with Crippen molar-refractivity contribution < 1.29 is 29.2 Å². The molecular formula is C32H29NO7. The Hall–Kier alpha value is -4.95. The van der Waals surface area contributed by atoms with Gasteiger partial charge in [-0.1, -0.05) is 42.5 Å². The van der Waals surface area contributed by atoms with E-state index >= 15 is 0 Å². The number of phenols is 2. The molecule has 0 amide bonds. The van der Waals surface area contributed by atoms with Crippen molar-refractivity contribution in [3.05, 3.63) is 112 Å². The molecule has 204 valence electrons. The Morgan fingerprint density at radius 1 is 1.02 bits per heavy atom. The van der Waals surface area contributed by atoms with Crippen LogP contribution in [0.4, 0.5) is 0 Å². The minimum Gasteiger partial charge on any atom is -0.508 e. The predicted octanol–water partition coefficient (Wildman–Crippen LogP) is 5.64. The second-order valence-corrected chi connectivity index (χ2v) is 9.29. The molecule has 0 aliphatic rings. The molecular weight excluding hydrogens is 510 g/mol. The van der Waals surface area contributed by atoms with Crippen LogP contribution in [0.25, 0.3) is 28.4 Å². The molecule has 0 radical (unpaired) electrons. The number of rotatable bonds is 10. The number of fused-ring (bicyclic) bond motifs is 1. The van der Waals surface area contributed by atoms with Crippen molar-refractivity contribution in [1.82, 2.24) is 4.98 Å². The molecule has 0 saturated carbocycles. The van der Waals surface area contributed by atoms with E-state index in [0.29, 0.717) is 11.1 Å². The van der Waals surface area contributed by atoms with Crippen LogP contribution in [0.5, 0.6) is 23.0 Å². The number of aromatic nitrogens is 1. The smallest absolute Gasteiger partial charge is 0.204 e. The molecule has 0 fully saturated rings. The van der Waals surface area contributed by atoms with Crippen molar-refractivity contribution in [3.63, 3.8) is 0 Å². The summed E-state index contributed by atoms with van der Waals surface area (Å²) in [6, 6.07) is 19.1. The van der Waals surface area contributed by atoms with Crippen LogP contribution >= 0.6 is 0 Å². The average molecular weight is 540 g/mol. The first-order chi connectivity index (χ1) is 19.4. The second kappa shape index (κ2) is 11.8. The number of aliphatic hydroxyl groups excluding tert-OH is 1. The number of H-pyrrole nitrogens is 1. The zero-order valence-electron chi connectivity index (χ0n) is 21.8. The topological polar surface area (TPSA) is 125 Å². The number of hydrogen-bond acceptors (Lipinski definition) is 7. The summed E-state index contributed by atoms with van der Waals surface area (Å²) >= 11 is 0. The monoisotopic (exact) mass is 539 g/mol. The Morgan fingerprint density at radius 2 is 1.80 bits per heavy atom. The van der Waals surface area contributed by atoms with Gasteiger partial charge in [0.1, 0.15) is 22.5 Å². The van der Waals surface area contributed by atoms with Crippen molar-refractivity contribution in [2.75, 3.05) is 13.7 Å². The van der Waals surface area contributed by atoms with Gasteiger partial charge in [0, 0.05) is 42.4 Å². The molecule has 5 rings (SSSR count). The second-order valence-electron chi connectivity index (χ2n) is 9.29. The maximum atomic E-state index is 13.6. The summed E-state index contributed by atoms with van der Waals surface area (Å²) in [5.74, 6) is 0.195. The average Bonchev–Trinajstić information content (AvgIpc) is 3.48. The molecule has 1 atom stereocenters. The quantitative estimate of drug-likeness (QED) is 0.181. The van der Waals surface area contributed by atoms with Gasteiger partial charge in [0.25, 0.3) is 0 Å². The van der Waals surface area contributed by atoms with Gasteiger partial charge >= 0.3 is 0 Å². The van der Waals surface area contributed by atoms with Crippen molar-refractivity contribution >= 4 is 17.0 Å². The van der Waals surface area contributed by atoms with E-state index in [1.165, 1.54) is 25.3 Å². The molecule has 40 heavy (non-hydrogen) atoms. The van der Waals surface area contributed by atoms with Crippen molar-refractivity contribution in [1.29, 1.82) is 0 Å². The molecule has 1 unspecified atom stereocenters. The molecule has 5 aromatic rings. The summed E-state index contributed by atoms with van der Waals surface area (Å²) in [7, 11) is 1.39. The molecule has 8 heteroatoms. The molecule has 2 heterocycles. The van der Waals surface area contributed by atoms with E-state index in [9.17, 15) is 20.1 Å². The highest BCUT2D eigenvalue weighted by molar-refractivity contribution is 5.93. The minimum atomic E-state index is -0.795. The first-order valence-electron chi connectivity index (χ1n) is 12.8. The minimum absolute atomic E-state index is 0.0111. The normalized spacial score (nSPS) is 12.2. The van der Waals surface area contributed by atoms with Gasteiger partial charge in [0.05, 0.1) is 19.8 Å².